The first-order valence-corrected chi connectivity index (χ1v) is 6.33. The van der Waals surface area contributed by atoms with Crippen LogP contribution in [0.25, 0.3) is 0 Å². The number of aryl methyl sites for hydroxylation is 1. The molecule has 1 rings (SSSR count). The molecule has 1 aromatic rings. The van der Waals surface area contributed by atoms with Gasteiger partial charge in [-0.05, 0) is 30.5 Å². The highest BCUT2D eigenvalue weighted by molar-refractivity contribution is 7.90. The van der Waals surface area contributed by atoms with Crippen molar-refractivity contribution >= 4 is 9.84 Å². The molecule has 0 saturated heterocycles. The number of hydrogen-bond acceptors (Lipinski definition) is 2. The van der Waals surface area contributed by atoms with E-state index in [1.165, 1.54) is 6.26 Å². The van der Waals surface area contributed by atoms with Gasteiger partial charge < -0.3 is 0 Å². The highest BCUT2D eigenvalue weighted by atomic mass is 32.2. The third kappa shape index (κ3) is 3.00. The van der Waals surface area contributed by atoms with Crippen LogP contribution in [0.3, 0.4) is 0 Å². The number of allylic oxidation sites excluding steroid dienone is 1. The van der Waals surface area contributed by atoms with E-state index in [0.717, 1.165) is 18.4 Å². The zero-order valence-corrected chi connectivity index (χ0v) is 9.05. The van der Waals surface area contributed by atoms with Crippen molar-refractivity contribution in [1.82, 2.24) is 0 Å². The van der Waals surface area contributed by atoms with Gasteiger partial charge in [0.1, 0.15) is 0 Å². The zero-order chi connectivity index (χ0) is 10.6. The van der Waals surface area contributed by atoms with Crippen LogP contribution in [0.15, 0.2) is 41.8 Å². The Labute approximate surface area is 85.2 Å². The maximum Gasteiger partial charge on any atom is 0.175 e. The van der Waals surface area contributed by atoms with Crippen molar-refractivity contribution in [2.75, 3.05) is 6.26 Å². The van der Waals surface area contributed by atoms with Crippen LogP contribution < -0.4 is 0 Å². The molecule has 0 aromatic heterocycles. The Morgan fingerprint density at radius 3 is 2.29 bits per heavy atom. The summed E-state index contributed by atoms with van der Waals surface area (Å²) in [6.45, 7) is 3.64. The second kappa shape index (κ2) is 4.42. The van der Waals surface area contributed by atoms with Gasteiger partial charge in [0.2, 0.25) is 0 Å². The van der Waals surface area contributed by atoms with Crippen molar-refractivity contribution in [3.8, 4) is 0 Å². The summed E-state index contributed by atoms with van der Waals surface area (Å²) in [7, 11) is -3.06. The monoisotopic (exact) mass is 210 g/mol. The van der Waals surface area contributed by atoms with Crippen LogP contribution in [0.1, 0.15) is 12.0 Å². The van der Waals surface area contributed by atoms with Gasteiger partial charge in [0.05, 0.1) is 4.90 Å². The first-order chi connectivity index (χ1) is 6.54. The highest BCUT2D eigenvalue weighted by Gasteiger charge is 2.05. The van der Waals surface area contributed by atoms with E-state index in [4.69, 9.17) is 0 Å². The average molecular weight is 210 g/mol. The Bertz CT molecular complexity index is 401. The first-order valence-electron chi connectivity index (χ1n) is 4.44. The molecule has 0 atom stereocenters. The second-order valence-corrected chi connectivity index (χ2v) is 5.26. The highest BCUT2D eigenvalue weighted by Crippen LogP contribution is 2.11. The van der Waals surface area contributed by atoms with Gasteiger partial charge in [-0.25, -0.2) is 8.42 Å². The third-order valence-electron chi connectivity index (χ3n) is 1.99. The van der Waals surface area contributed by atoms with Crippen molar-refractivity contribution in [3.05, 3.63) is 42.5 Å². The largest absolute Gasteiger partial charge is 0.224 e. The predicted molar refractivity (Wildman–Crippen MR) is 58.1 cm³/mol. The van der Waals surface area contributed by atoms with Gasteiger partial charge >= 0.3 is 0 Å². The molecule has 0 N–H and O–H groups in total. The summed E-state index contributed by atoms with van der Waals surface area (Å²) < 4.78 is 22.3. The maximum atomic E-state index is 11.1. The molecule has 1 aromatic carbocycles. The summed E-state index contributed by atoms with van der Waals surface area (Å²) in [6.07, 6.45) is 4.89. The topological polar surface area (TPSA) is 34.1 Å². The van der Waals surface area contributed by atoms with Crippen LogP contribution >= 0.6 is 0 Å². The van der Waals surface area contributed by atoms with Crippen LogP contribution in [0.2, 0.25) is 0 Å². The van der Waals surface area contributed by atoms with Gasteiger partial charge in [0.25, 0.3) is 0 Å². The molecule has 0 unspecified atom stereocenters. The minimum Gasteiger partial charge on any atom is -0.224 e. The summed E-state index contributed by atoms with van der Waals surface area (Å²) in [5.74, 6) is 0. The van der Waals surface area contributed by atoms with Gasteiger partial charge in [-0.3, -0.25) is 0 Å². The van der Waals surface area contributed by atoms with Crippen LogP contribution in [-0.4, -0.2) is 14.7 Å². The third-order valence-corrected chi connectivity index (χ3v) is 3.12. The molecule has 0 aliphatic rings. The predicted octanol–water partition coefficient (Wildman–Crippen LogP) is 2.21. The summed E-state index contributed by atoms with van der Waals surface area (Å²) >= 11 is 0. The average Bonchev–Trinajstić information content (AvgIpc) is 2.14. The van der Waals surface area contributed by atoms with Gasteiger partial charge in [-0.1, -0.05) is 18.2 Å². The number of benzene rings is 1. The van der Waals surface area contributed by atoms with E-state index in [2.05, 4.69) is 6.58 Å². The Kier molecular flexibility index (Phi) is 3.47. The Morgan fingerprint density at radius 1 is 1.29 bits per heavy atom. The standard InChI is InChI=1S/C11H14O2S/c1-3-4-5-10-6-8-11(9-7-10)14(2,12)13/h3,6-9H,1,4-5H2,2H3. The molecular weight excluding hydrogens is 196 g/mol. The fraction of sp³-hybridized carbons (Fsp3) is 0.273. The van der Waals surface area contributed by atoms with Gasteiger partial charge in [-0.2, -0.15) is 0 Å². The molecule has 14 heavy (non-hydrogen) atoms. The quantitative estimate of drug-likeness (QED) is 0.714. The molecule has 0 heterocycles. The smallest absolute Gasteiger partial charge is 0.175 e. The summed E-state index contributed by atoms with van der Waals surface area (Å²) in [5.41, 5.74) is 1.14. The molecule has 3 heteroatoms. The van der Waals surface area contributed by atoms with Crippen molar-refractivity contribution in [2.24, 2.45) is 0 Å². The van der Waals surface area contributed by atoms with Gasteiger partial charge in [-0.15, -0.1) is 6.58 Å². The molecule has 0 radical (unpaired) electrons. The molecular formula is C11H14O2S. The number of rotatable bonds is 4. The van der Waals surface area contributed by atoms with E-state index in [1.807, 2.05) is 18.2 Å². The molecule has 0 amide bonds. The van der Waals surface area contributed by atoms with E-state index in [-0.39, 0.29) is 0 Å². The fourth-order valence-corrected chi connectivity index (χ4v) is 1.80. The molecule has 0 saturated carbocycles. The number of hydrogen-bond donors (Lipinski definition) is 0. The molecule has 0 aliphatic carbocycles. The minimum atomic E-state index is -3.06. The normalized spacial score (nSPS) is 11.2. The Hall–Kier alpha value is -1.09. The van der Waals surface area contributed by atoms with E-state index < -0.39 is 9.84 Å². The summed E-state index contributed by atoms with van der Waals surface area (Å²) in [4.78, 5) is 0.375. The molecule has 2 nitrogen and oxygen atoms in total. The fourth-order valence-electron chi connectivity index (χ4n) is 1.17. The summed E-state index contributed by atoms with van der Waals surface area (Å²) in [6, 6.07) is 6.99. The molecule has 76 valence electrons. The maximum absolute atomic E-state index is 11.1. The van der Waals surface area contributed by atoms with Gasteiger partial charge in [0.15, 0.2) is 9.84 Å². The van der Waals surface area contributed by atoms with Crippen LogP contribution in [0.4, 0.5) is 0 Å². The minimum absolute atomic E-state index is 0.375. The zero-order valence-electron chi connectivity index (χ0n) is 8.23. The molecule has 0 fully saturated rings. The lowest BCUT2D eigenvalue weighted by atomic mass is 10.1. The molecule has 0 aliphatic heterocycles. The van der Waals surface area contributed by atoms with Crippen molar-refractivity contribution in [3.63, 3.8) is 0 Å². The SMILES string of the molecule is C=CCCc1ccc(S(C)(=O)=O)cc1. The van der Waals surface area contributed by atoms with E-state index in [0.29, 0.717) is 4.90 Å². The van der Waals surface area contributed by atoms with Crippen molar-refractivity contribution in [2.45, 2.75) is 17.7 Å². The van der Waals surface area contributed by atoms with Crippen molar-refractivity contribution < 1.29 is 8.42 Å². The van der Waals surface area contributed by atoms with E-state index in [9.17, 15) is 8.42 Å². The van der Waals surface area contributed by atoms with E-state index >= 15 is 0 Å². The number of sulfone groups is 1. The summed E-state index contributed by atoms with van der Waals surface area (Å²) in [5, 5.41) is 0. The molecule has 0 spiro atoms. The van der Waals surface area contributed by atoms with Crippen LogP contribution in [0.5, 0.6) is 0 Å². The van der Waals surface area contributed by atoms with E-state index in [1.54, 1.807) is 12.1 Å². The first kappa shape index (κ1) is 11.0. The van der Waals surface area contributed by atoms with Crippen LogP contribution in [0, 0.1) is 0 Å². The molecule has 0 bridgehead atoms. The lowest BCUT2D eigenvalue weighted by molar-refractivity contribution is 0.602. The lowest BCUT2D eigenvalue weighted by Crippen LogP contribution is -1.96. The Morgan fingerprint density at radius 2 is 1.86 bits per heavy atom. The second-order valence-electron chi connectivity index (χ2n) is 3.24. The lowest BCUT2D eigenvalue weighted by Gasteiger charge is -2.00. The van der Waals surface area contributed by atoms with Crippen LogP contribution in [-0.2, 0) is 16.3 Å². The Balaban J connectivity index is 2.84. The van der Waals surface area contributed by atoms with Crippen molar-refractivity contribution in [1.29, 1.82) is 0 Å². The van der Waals surface area contributed by atoms with Gasteiger partial charge in [0, 0.05) is 6.26 Å².